The predicted molar refractivity (Wildman–Crippen MR) is 145 cm³/mol. The highest BCUT2D eigenvalue weighted by Gasteiger charge is 2.21. The van der Waals surface area contributed by atoms with Gasteiger partial charge in [-0.05, 0) is 77.4 Å². The normalized spacial score (nSPS) is 12.6. The highest BCUT2D eigenvalue weighted by atomic mass is 16.5. The highest BCUT2D eigenvalue weighted by Crippen LogP contribution is 2.44. The summed E-state index contributed by atoms with van der Waals surface area (Å²) in [6, 6.07) is 36.5. The molecular formula is C32H23NO3. The van der Waals surface area contributed by atoms with E-state index in [0.717, 1.165) is 68.9 Å². The minimum absolute atomic E-state index is 0.237. The molecule has 2 heterocycles. The molecule has 0 radical (unpaired) electrons. The Kier molecular flexibility index (Phi) is 4.71. The van der Waals surface area contributed by atoms with E-state index in [1.807, 2.05) is 42.5 Å². The summed E-state index contributed by atoms with van der Waals surface area (Å²) in [6.07, 6.45) is 0.918. The van der Waals surface area contributed by atoms with Gasteiger partial charge in [-0.15, -0.1) is 0 Å². The average molecular weight is 470 g/mol. The summed E-state index contributed by atoms with van der Waals surface area (Å²) in [5.41, 5.74) is 8.13. The molecular weight excluding hydrogens is 446 g/mol. The van der Waals surface area contributed by atoms with Crippen molar-refractivity contribution in [2.45, 2.75) is 6.42 Å². The maximum Gasteiger partial charge on any atom is 0.138 e. The first-order valence-corrected chi connectivity index (χ1v) is 12.1. The van der Waals surface area contributed by atoms with Gasteiger partial charge in [-0.25, -0.2) is 0 Å². The van der Waals surface area contributed by atoms with Crippen molar-refractivity contribution in [2.24, 2.45) is 0 Å². The van der Waals surface area contributed by atoms with E-state index in [9.17, 15) is 5.11 Å². The minimum atomic E-state index is 0.237. The number of fused-ring (bicyclic) bond motifs is 4. The van der Waals surface area contributed by atoms with Crippen LogP contribution in [-0.2, 0) is 6.42 Å². The number of phenols is 1. The van der Waals surface area contributed by atoms with Crippen LogP contribution in [0.15, 0.2) is 114 Å². The third-order valence-corrected chi connectivity index (χ3v) is 6.84. The largest absolute Gasteiger partial charge is 0.508 e. The lowest BCUT2D eigenvalue weighted by Gasteiger charge is -2.26. The standard InChI is InChI=1S/C32H23NO3/c34-26-13-11-24(12-14-26)33(23-6-2-1-3-7-23)25-19-28(21-10-15-29-22(18-21)16-17-35-29)32-27-8-4-5-9-30(27)36-31(32)20-25/h1-15,18-20,34H,16-17H2. The quantitative estimate of drug-likeness (QED) is 0.282. The van der Waals surface area contributed by atoms with Crippen LogP contribution in [0.25, 0.3) is 33.1 Å². The molecule has 0 fully saturated rings. The molecule has 36 heavy (non-hydrogen) atoms. The number of rotatable bonds is 4. The Labute approximate surface area is 208 Å². The second-order valence-electron chi connectivity index (χ2n) is 9.07. The number of aromatic hydroxyl groups is 1. The van der Waals surface area contributed by atoms with Gasteiger partial charge in [-0.1, -0.05) is 42.5 Å². The molecule has 1 aromatic heterocycles. The topological polar surface area (TPSA) is 45.8 Å². The Morgan fingerprint density at radius 2 is 1.44 bits per heavy atom. The molecule has 174 valence electrons. The molecule has 1 aliphatic rings. The first-order chi connectivity index (χ1) is 17.7. The third-order valence-electron chi connectivity index (χ3n) is 6.84. The molecule has 0 saturated carbocycles. The molecule has 1 N–H and O–H groups in total. The van der Waals surface area contributed by atoms with Crippen LogP contribution in [0.3, 0.4) is 0 Å². The summed E-state index contributed by atoms with van der Waals surface area (Å²) in [6.45, 7) is 0.728. The van der Waals surface area contributed by atoms with Crippen LogP contribution < -0.4 is 9.64 Å². The van der Waals surface area contributed by atoms with Gasteiger partial charge in [0, 0.05) is 34.6 Å². The highest BCUT2D eigenvalue weighted by molar-refractivity contribution is 6.14. The van der Waals surface area contributed by atoms with E-state index in [1.54, 1.807) is 12.1 Å². The lowest BCUT2D eigenvalue weighted by atomic mass is 9.96. The van der Waals surface area contributed by atoms with Gasteiger partial charge in [0.1, 0.15) is 22.7 Å². The van der Waals surface area contributed by atoms with Crippen molar-refractivity contribution in [2.75, 3.05) is 11.5 Å². The van der Waals surface area contributed by atoms with Gasteiger partial charge < -0.3 is 19.2 Å². The maximum atomic E-state index is 9.93. The first-order valence-electron chi connectivity index (χ1n) is 12.1. The zero-order chi connectivity index (χ0) is 24.1. The molecule has 0 atom stereocenters. The summed E-state index contributed by atoms with van der Waals surface area (Å²) < 4.78 is 12.2. The van der Waals surface area contributed by atoms with E-state index in [2.05, 4.69) is 59.5 Å². The number of benzene rings is 5. The van der Waals surface area contributed by atoms with Crippen molar-refractivity contribution in [3.05, 3.63) is 115 Å². The van der Waals surface area contributed by atoms with E-state index in [4.69, 9.17) is 9.15 Å². The number of ether oxygens (including phenoxy) is 1. The zero-order valence-corrected chi connectivity index (χ0v) is 19.5. The lowest BCUT2D eigenvalue weighted by molar-refractivity contribution is 0.357. The van der Waals surface area contributed by atoms with Crippen LogP contribution in [-0.4, -0.2) is 11.7 Å². The minimum Gasteiger partial charge on any atom is -0.508 e. The summed E-state index contributed by atoms with van der Waals surface area (Å²) in [7, 11) is 0. The van der Waals surface area contributed by atoms with Crippen LogP contribution in [0.2, 0.25) is 0 Å². The lowest BCUT2D eigenvalue weighted by Crippen LogP contribution is -2.09. The van der Waals surface area contributed by atoms with Crippen molar-refractivity contribution in [3.63, 3.8) is 0 Å². The van der Waals surface area contributed by atoms with Crippen LogP contribution in [0.5, 0.6) is 11.5 Å². The van der Waals surface area contributed by atoms with Gasteiger partial charge in [0.05, 0.1) is 12.3 Å². The Morgan fingerprint density at radius 3 is 2.31 bits per heavy atom. The van der Waals surface area contributed by atoms with Crippen LogP contribution in [0.4, 0.5) is 17.1 Å². The molecule has 0 unspecified atom stereocenters. The van der Waals surface area contributed by atoms with E-state index in [-0.39, 0.29) is 5.75 Å². The Bertz CT molecular complexity index is 1720. The summed E-state index contributed by atoms with van der Waals surface area (Å²) in [4.78, 5) is 2.19. The van der Waals surface area contributed by atoms with Gasteiger partial charge in [0.15, 0.2) is 0 Å². The van der Waals surface area contributed by atoms with Crippen molar-refractivity contribution in [1.29, 1.82) is 0 Å². The van der Waals surface area contributed by atoms with Gasteiger partial charge in [-0.2, -0.15) is 0 Å². The SMILES string of the molecule is Oc1ccc(N(c2ccccc2)c2cc(-c3ccc4c(c3)CCO4)c3c(c2)oc2ccccc23)cc1. The van der Waals surface area contributed by atoms with Gasteiger partial charge in [-0.3, -0.25) is 0 Å². The second-order valence-corrected chi connectivity index (χ2v) is 9.07. The molecule has 6 aromatic rings. The molecule has 5 aromatic carbocycles. The Balaban J connectivity index is 1.52. The number of anilines is 3. The molecule has 0 spiro atoms. The van der Waals surface area contributed by atoms with Crippen molar-refractivity contribution in [1.82, 2.24) is 0 Å². The van der Waals surface area contributed by atoms with Gasteiger partial charge in [0.2, 0.25) is 0 Å². The van der Waals surface area contributed by atoms with E-state index in [1.165, 1.54) is 5.56 Å². The molecule has 7 rings (SSSR count). The number of furan rings is 1. The van der Waals surface area contributed by atoms with E-state index >= 15 is 0 Å². The van der Waals surface area contributed by atoms with E-state index in [0.29, 0.717) is 0 Å². The van der Waals surface area contributed by atoms with Gasteiger partial charge >= 0.3 is 0 Å². The molecule has 4 heteroatoms. The number of phenolic OH excluding ortho intramolecular Hbond substituents is 1. The van der Waals surface area contributed by atoms with Crippen molar-refractivity contribution >= 4 is 39.0 Å². The van der Waals surface area contributed by atoms with Crippen LogP contribution in [0.1, 0.15) is 5.56 Å². The number of para-hydroxylation sites is 2. The Morgan fingerprint density at radius 1 is 0.667 bits per heavy atom. The van der Waals surface area contributed by atoms with Crippen molar-refractivity contribution in [3.8, 4) is 22.6 Å². The molecule has 0 saturated heterocycles. The summed E-state index contributed by atoms with van der Waals surface area (Å²) in [5.74, 6) is 1.21. The molecule has 0 bridgehead atoms. The Hall–Kier alpha value is -4.70. The third kappa shape index (κ3) is 3.38. The fourth-order valence-electron chi connectivity index (χ4n) is 5.18. The number of hydrogen-bond donors (Lipinski definition) is 1. The molecule has 0 amide bonds. The maximum absolute atomic E-state index is 9.93. The molecule has 1 aliphatic heterocycles. The smallest absolute Gasteiger partial charge is 0.138 e. The predicted octanol–water partition coefficient (Wildman–Crippen LogP) is 8.36. The fourth-order valence-corrected chi connectivity index (χ4v) is 5.18. The summed E-state index contributed by atoms with van der Waals surface area (Å²) >= 11 is 0. The van der Waals surface area contributed by atoms with Gasteiger partial charge in [0.25, 0.3) is 0 Å². The zero-order valence-electron chi connectivity index (χ0n) is 19.5. The first kappa shape index (κ1) is 20.7. The monoisotopic (exact) mass is 469 g/mol. The number of hydrogen-bond acceptors (Lipinski definition) is 4. The molecule has 4 nitrogen and oxygen atoms in total. The number of nitrogens with zero attached hydrogens (tertiary/aromatic N) is 1. The average Bonchev–Trinajstić information content (AvgIpc) is 3.54. The fraction of sp³-hybridized carbons (Fsp3) is 0.0625. The second kappa shape index (κ2) is 8.21. The van der Waals surface area contributed by atoms with Crippen LogP contribution >= 0.6 is 0 Å². The van der Waals surface area contributed by atoms with E-state index < -0.39 is 0 Å². The summed E-state index contributed by atoms with van der Waals surface area (Å²) in [5, 5.41) is 12.1. The van der Waals surface area contributed by atoms with Crippen LogP contribution in [0, 0.1) is 0 Å². The van der Waals surface area contributed by atoms with Crippen molar-refractivity contribution < 1.29 is 14.3 Å². The molecule has 0 aliphatic carbocycles.